The molecule has 2 aromatic rings. The van der Waals surface area contributed by atoms with Crippen LogP contribution < -0.4 is 14.8 Å². The van der Waals surface area contributed by atoms with Gasteiger partial charge in [-0.1, -0.05) is 0 Å². The van der Waals surface area contributed by atoms with E-state index < -0.39 is 0 Å². The number of carbonyl (C=O) groups excluding carboxylic acids is 1. The van der Waals surface area contributed by atoms with Crippen LogP contribution in [0, 0.1) is 0 Å². The second kappa shape index (κ2) is 6.65. The predicted molar refractivity (Wildman–Crippen MR) is 74.3 cm³/mol. The summed E-state index contributed by atoms with van der Waals surface area (Å²) in [6, 6.07) is 8.76. The summed E-state index contributed by atoms with van der Waals surface area (Å²) in [6.07, 6.45) is 2.28. The minimum atomic E-state index is -0.155. The molecule has 1 heterocycles. The van der Waals surface area contributed by atoms with Crippen molar-refractivity contribution in [2.45, 2.75) is 6.42 Å². The van der Waals surface area contributed by atoms with Gasteiger partial charge in [-0.15, -0.1) is 0 Å². The van der Waals surface area contributed by atoms with Crippen LogP contribution in [0.25, 0.3) is 0 Å². The van der Waals surface area contributed by atoms with Gasteiger partial charge in [0, 0.05) is 18.5 Å². The Labute approximate surface area is 117 Å². The topological polar surface area (TPSA) is 60.7 Å². The highest BCUT2D eigenvalue weighted by molar-refractivity contribution is 5.94. The highest BCUT2D eigenvalue weighted by Gasteiger charge is 2.10. The van der Waals surface area contributed by atoms with Crippen LogP contribution in [0.1, 0.15) is 16.1 Å². The number of rotatable bonds is 6. The Kier molecular flexibility index (Phi) is 4.65. The lowest BCUT2D eigenvalue weighted by Gasteiger charge is -2.09. The molecule has 1 aromatic carbocycles. The summed E-state index contributed by atoms with van der Waals surface area (Å²) in [5, 5.41) is 2.83. The zero-order chi connectivity index (χ0) is 14.4. The Balaban J connectivity index is 1.95. The van der Waals surface area contributed by atoms with Gasteiger partial charge < -0.3 is 19.2 Å². The molecule has 0 radical (unpaired) electrons. The van der Waals surface area contributed by atoms with Crippen molar-refractivity contribution < 1.29 is 18.7 Å². The summed E-state index contributed by atoms with van der Waals surface area (Å²) in [5.74, 6) is 1.82. The molecule has 0 saturated carbocycles. The normalized spacial score (nSPS) is 10.1. The van der Waals surface area contributed by atoms with E-state index in [9.17, 15) is 4.79 Å². The second-order valence-corrected chi connectivity index (χ2v) is 4.16. The van der Waals surface area contributed by atoms with Gasteiger partial charge in [-0.2, -0.15) is 0 Å². The third-order valence-electron chi connectivity index (χ3n) is 2.88. The van der Waals surface area contributed by atoms with E-state index in [1.54, 1.807) is 31.6 Å². The molecule has 1 N–H and O–H groups in total. The fraction of sp³-hybridized carbons (Fsp3) is 0.267. The zero-order valence-electron chi connectivity index (χ0n) is 11.5. The maximum absolute atomic E-state index is 12.0. The van der Waals surface area contributed by atoms with Gasteiger partial charge in [0.1, 0.15) is 5.76 Å². The molecule has 0 spiro atoms. The fourth-order valence-corrected chi connectivity index (χ4v) is 1.83. The maximum Gasteiger partial charge on any atom is 0.251 e. The lowest BCUT2D eigenvalue weighted by atomic mass is 10.2. The van der Waals surface area contributed by atoms with E-state index in [1.165, 1.54) is 7.11 Å². The first kappa shape index (κ1) is 14.0. The molecule has 0 fully saturated rings. The minimum absolute atomic E-state index is 0.155. The van der Waals surface area contributed by atoms with Gasteiger partial charge in [-0.05, 0) is 30.3 Å². The third kappa shape index (κ3) is 3.32. The quantitative estimate of drug-likeness (QED) is 0.878. The largest absolute Gasteiger partial charge is 0.493 e. The summed E-state index contributed by atoms with van der Waals surface area (Å²) >= 11 is 0. The zero-order valence-corrected chi connectivity index (χ0v) is 11.5. The van der Waals surface area contributed by atoms with Crippen LogP contribution in [0.5, 0.6) is 11.5 Å². The van der Waals surface area contributed by atoms with Crippen LogP contribution in [-0.2, 0) is 6.42 Å². The van der Waals surface area contributed by atoms with Crippen molar-refractivity contribution in [2.24, 2.45) is 0 Å². The first-order valence-electron chi connectivity index (χ1n) is 6.27. The molecule has 0 aliphatic carbocycles. The summed E-state index contributed by atoms with van der Waals surface area (Å²) < 4.78 is 15.5. The van der Waals surface area contributed by atoms with Crippen LogP contribution in [0.4, 0.5) is 0 Å². The first-order valence-corrected chi connectivity index (χ1v) is 6.27. The average Bonchev–Trinajstić information content (AvgIpc) is 2.99. The maximum atomic E-state index is 12.0. The fourth-order valence-electron chi connectivity index (χ4n) is 1.83. The number of carbonyl (C=O) groups is 1. The molecule has 5 nitrogen and oxygen atoms in total. The lowest BCUT2D eigenvalue weighted by Crippen LogP contribution is -2.25. The molecule has 5 heteroatoms. The number of nitrogens with one attached hydrogen (secondary N) is 1. The molecular formula is C15H17NO4. The molecule has 106 valence electrons. The number of furan rings is 1. The number of benzene rings is 1. The highest BCUT2D eigenvalue weighted by atomic mass is 16.5. The van der Waals surface area contributed by atoms with E-state index in [4.69, 9.17) is 13.9 Å². The van der Waals surface area contributed by atoms with E-state index >= 15 is 0 Å². The van der Waals surface area contributed by atoms with E-state index in [0.29, 0.717) is 30.0 Å². The van der Waals surface area contributed by atoms with Gasteiger partial charge >= 0.3 is 0 Å². The number of hydrogen-bond donors (Lipinski definition) is 1. The van der Waals surface area contributed by atoms with Gasteiger partial charge in [-0.25, -0.2) is 0 Å². The van der Waals surface area contributed by atoms with Gasteiger partial charge in [0.2, 0.25) is 0 Å². The van der Waals surface area contributed by atoms with Crippen molar-refractivity contribution >= 4 is 5.91 Å². The number of hydrogen-bond acceptors (Lipinski definition) is 4. The molecule has 0 saturated heterocycles. The Bertz CT molecular complexity index is 563. The minimum Gasteiger partial charge on any atom is -0.493 e. The second-order valence-electron chi connectivity index (χ2n) is 4.16. The smallest absolute Gasteiger partial charge is 0.251 e. The lowest BCUT2D eigenvalue weighted by molar-refractivity contribution is 0.0953. The van der Waals surface area contributed by atoms with Crippen LogP contribution in [-0.4, -0.2) is 26.7 Å². The van der Waals surface area contributed by atoms with Gasteiger partial charge in [0.15, 0.2) is 11.5 Å². The SMILES string of the molecule is COc1ccc(C(=O)NCCc2ccco2)cc1OC. The summed E-state index contributed by atoms with van der Waals surface area (Å²) in [6.45, 7) is 0.515. The van der Waals surface area contributed by atoms with Crippen molar-refractivity contribution in [1.29, 1.82) is 0 Å². The van der Waals surface area contributed by atoms with E-state index in [1.807, 2.05) is 12.1 Å². The van der Waals surface area contributed by atoms with E-state index in [2.05, 4.69) is 5.32 Å². The number of amides is 1. The number of methoxy groups -OCH3 is 2. The van der Waals surface area contributed by atoms with Crippen LogP contribution in [0.3, 0.4) is 0 Å². The third-order valence-corrected chi connectivity index (χ3v) is 2.88. The van der Waals surface area contributed by atoms with Crippen LogP contribution >= 0.6 is 0 Å². The van der Waals surface area contributed by atoms with Gasteiger partial charge in [0.25, 0.3) is 5.91 Å². The highest BCUT2D eigenvalue weighted by Crippen LogP contribution is 2.27. The predicted octanol–water partition coefficient (Wildman–Crippen LogP) is 2.27. The molecule has 2 rings (SSSR count). The molecule has 0 unspecified atom stereocenters. The molecule has 1 amide bonds. The summed E-state index contributed by atoms with van der Waals surface area (Å²) in [5.41, 5.74) is 0.530. The van der Waals surface area contributed by atoms with Gasteiger partial charge in [0.05, 0.1) is 20.5 Å². The Hall–Kier alpha value is -2.43. The van der Waals surface area contributed by atoms with Crippen molar-refractivity contribution in [3.05, 3.63) is 47.9 Å². The van der Waals surface area contributed by atoms with Crippen molar-refractivity contribution in [3.63, 3.8) is 0 Å². The van der Waals surface area contributed by atoms with E-state index in [0.717, 1.165) is 5.76 Å². The molecule has 0 aliphatic rings. The molecule has 1 aromatic heterocycles. The monoisotopic (exact) mass is 275 g/mol. The van der Waals surface area contributed by atoms with Crippen molar-refractivity contribution in [3.8, 4) is 11.5 Å². The number of ether oxygens (including phenoxy) is 2. The molecule has 20 heavy (non-hydrogen) atoms. The summed E-state index contributed by atoms with van der Waals surface area (Å²) in [4.78, 5) is 12.0. The van der Waals surface area contributed by atoms with Crippen LogP contribution in [0.2, 0.25) is 0 Å². The van der Waals surface area contributed by atoms with E-state index in [-0.39, 0.29) is 5.91 Å². The molecular weight excluding hydrogens is 258 g/mol. The van der Waals surface area contributed by atoms with Crippen molar-refractivity contribution in [1.82, 2.24) is 5.32 Å². The molecule has 0 atom stereocenters. The first-order chi connectivity index (χ1) is 9.74. The molecule has 0 bridgehead atoms. The Morgan fingerprint density at radius 2 is 2.00 bits per heavy atom. The summed E-state index contributed by atoms with van der Waals surface area (Å²) in [7, 11) is 3.09. The average molecular weight is 275 g/mol. The van der Waals surface area contributed by atoms with Gasteiger partial charge in [-0.3, -0.25) is 4.79 Å². The standard InChI is InChI=1S/C15H17NO4/c1-18-13-6-5-11(10-14(13)19-2)15(17)16-8-7-12-4-3-9-20-12/h3-6,9-10H,7-8H2,1-2H3,(H,16,17). The van der Waals surface area contributed by atoms with Crippen LogP contribution in [0.15, 0.2) is 41.0 Å². The van der Waals surface area contributed by atoms with Crippen molar-refractivity contribution in [2.75, 3.05) is 20.8 Å². The molecule has 0 aliphatic heterocycles. The Morgan fingerprint density at radius 3 is 2.65 bits per heavy atom. The Morgan fingerprint density at radius 1 is 1.20 bits per heavy atom.